The van der Waals surface area contributed by atoms with Gasteiger partial charge in [0.05, 0.1) is 34.1 Å². The molecule has 0 saturated carbocycles. The number of benzene rings is 1. The van der Waals surface area contributed by atoms with Crippen molar-refractivity contribution in [1.29, 1.82) is 0 Å². The lowest BCUT2D eigenvalue weighted by Gasteiger charge is -2.23. The van der Waals surface area contributed by atoms with Crippen molar-refractivity contribution in [3.8, 4) is 0 Å². The number of fused-ring (bicyclic) bond motifs is 1. The van der Waals surface area contributed by atoms with Crippen LogP contribution in [-0.2, 0) is 16.9 Å². The van der Waals surface area contributed by atoms with Gasteiger partial charge in [-0.25, -0.2) is 9.69 Å². The Morgan fingerprint density at radius 2 is 1.89 bits per heavy atom. The minimum absolute atomic E-state index is 0.0533. The van der Waals surface area contributed by atoms with Crippen molar-refractivity contribution in [2.24, 2.45) is 5.10 Å². The molecule has 1 amide bonds. The van der Waals surface area contributed by atoms with E-state index in [1.807, 2.05) is 83.3 Å². The van der Waals surface area contributed by atoms with Gasteiger partial charge in [-0.3, -0.25) is 14.3 Å². The summed E-state index contributed by atoms with van der Waals surface area (Å²) in [5, 5.41) is 18.2. The van der Waals surface area contributed by atoms with Crippen molar-refractivity contribution >= 4 is 33.9 Å². The van der Waals surface area contributed by atoms with Crippen molar-refractivity contribution in [2.45, 2.75) is 72.0 Å². The zero-order valence-electron chi connectivity index (χ0n) is 22.1. The van der Waals surface area contributed by atoms with Gasteiger partial charge in [-0.15, -0.1) is 11.3 Å². The maximum atomic E-state index is 13.8. The van der Waals surface area contributed by atoms with Crippen LogP contribution in [0.4, 0.5) is 0 Å². The van der Waals surface area contributed by atoms with Crippen molar-refractivity contribution in [3.05, 3.63) is 80.0 Å². The van der Waals surface area contributed by atoms with Gasteiger partial charge in [0, 0.05) is 11.8 Å². The summed E-state index contributed by atoms with van der Waals surface area (Å²) in [6.07, 6.45) is 2.33. The van der Waals surface area contributed by atoms with Gasteiger partial charge in [0.1, 0.15) is 12.1 Å². The highest BCUT2D eigenvalue weighted by Gasteiger charge is 2.34. The molecule has 1 aromatic carbocycles. The number of hydrazone groups is 1. The smallest absolute Gasteiger partial charge is 0.271 e. The molecule has 4 heterocycles. The summed E-state index contributed by atoms with van der Waals surface area (Å²) >= 11 is 1.61. The van der Waals surface area contributed by atoms with E-state index in [1.165, 1.54) is 9.69 Å². The molecule has 1 unspecified atom stereocenters. The Morgan fingerprint density at radius 3 is 2.51 bits per heavy atom. The molecule has 0 saturated heterocycles. The van der Waals surface area contributed by atoms with E-state index in [2.05, 4.69) is 10.2 Å². The maximum Gasteiger partial charge on any atom is 0.293 e. The van der Waals surface area contributed by atoms with Crippen LogP contribution in [0.1, 0.15) is 74.7 Å². The summed E-state index contributed by atoms with van der Waals surface area (Å²) in [7, 11) is 0. The summed E-state index contributed by atoms with van der Waals surface area (Å²) in [6, 6.07) is 11.9. The number of aryl methyl sites for hydroxylation is 1. The van der Waals surface area contributed by atoms with Crippen LogP contribution >= 0.6 is 11.3 Å². The predicted molar refractivity (Wildman–Crippen MR) is 147 cm³/mol. The second kappa shape index (κ2) is 9.37. The number of aromatic nitrogens is 4. The molecule has 192 valence electrons. The third-order valence-electron chi connectivity index (χ3n) is 6.61. The van der Waals surface area contributed by atoms with E-state index in [9.17, 15) is 9.59 Å². The minimum Gasteiger partial charge on any atom is -0.271 e. The maximum absolute atomic E-state index is 13.8. The van der Waals surface area contributed by atoms with Crippen LogP contribution in [0.15, 0.2) is 57.9 Å². The molecule has 0 bridgehead atoms. The number of nitrogens with zero attached hydrogens (tertiary/aromatic N) is 6. The molecule has 0 radical (unpaired) electrons. The Hall–Kier alpha value is -3.59. The average Bonchev–Trinajstić information content (AvgIpc) is 3.59. The molecule has 0 N–H and O–H groups in total. The number of amides is 1. The average molecular weight is 517 g/mol. The van der Waals surface area contributed by atoms with Gasteiger partial charge in [0.15, 0.2) is 0 Å². The normalized spacial score (nSPS) is 16.1. The van der Waals surface area contributed by atoms with Gasteiger partial charge >= 0.3 is 0 Å². The zero-order chi connectivity index (χ0) is 26.5. The summed E-state index contributed by atoms with van der Waals surface area (Å²) in [4.78, 5) is 28.5. The van der Waals surface area contributed by atoms with Crippen LogP contribution in [0.5, 0.6) is 0 Å². The Morgan fingerprint density at radius 1 is 1.16 bits per heavy atom. The highest BCUT2D eigenvalue weighted by atomic mass is 32.1. The van der Waals surface area contributed by atoms with Crippen molar-refractivity contribution < 1.29 is 4.79 Å². The predicted octanol–water partition coefficient (Wildman–Crippen LogP) is 5.22. The first-order valence-corrected chi connectivity index (χ1v) is 13.4. The van der Waals surface area contributed by atoms with Gasteiger partial charge in [0.2, 0.25) is 0 Å². The van der Waals surface area contributed by atoms with E-state index in [-0.39, 0.29) is 30.0 Å². The first-order valence-electron chi connectivity index (χ1n) is 12.5. The summed E-state index contributed by atoms with van der Waals surface area (Å²) in [5.74, 6) is -0.222. The molecule has 8 nitrogen and oxygen atoms in total. The molecule has 1 aliphatic rings. The van der Waals surface area contributed by atoms with Crippen molar-refractivity contribution in [2.75, 3.05) is 0 Å². The minimum atomic E-state index is -0.399. The standard InChI is InChI=1S/C28H32N6O2S/c1-17(2)25-20-15-29-34(28(4,5)6)26(20)27(36)32(31-25)16-24(35)33-22(19-11-9-18(3)10-12-19)14-21(30-33)23-8-7-13-37-23/h7-13,15,17,22H,14,16H2,1-6H3. The molecule has 5 rings (SSSR count). The number of thiophene rings is 1. The van der Waals surface area contributed by atoms with E-state index in [0.29, 0.717) is 11.9 Å². The molecule has 1 aliphatic heterocycles. The van der Waals surface area contributed by atoms with Crippen LogP contribution in [0.25, 0.3) is 10.9 Å². The highest BCUT2D eigenvalue weighted by Crippen LogP contribution is 2.34. The number of carbonyl (C=O) groups is 1. The van der Waals surface area contributed by atoms with Crippen LogP contribution in [-0.4, -0.2) is 36.2 Å². The Balaban J connectivity index is 1.57. The van der Waals surface area contributed by atoms with Crippen LogP contribution in [0.3, 0.4) is 0 Å². The molecule has 0 spiro atoms. The molecule has 37 heavy (non-hydrogen) atoms. The molecular formula is C28H32N6O2S. The van der Waals surface area contributed by atoms with E-state index >= 15 is 0 Å². The largest absolute Gasteiger partial charge is 0.293 e. The van der Waals surface area contributed by atoms with E-state index in [1.54, 1.807) is 22.2 Å². The second-order valence-corrected chi connectivity index (χ2v) is 11.8. The van der Waals surface area contributed by atoms with Gasteiger partial charge < -0.3 is 0 Å². The van der Waals surface area contributed by atoms with Crippen LogP contribution in [0, 0.1) is 6.92 Å². The lowest BCUT2D eigenvalue weighted by atomic mass is 10.00. The van der Waals surface area contributed by atoms with E-state index in [0.717, 1.165) is 32.8 Å². The lowest BCUT2D eigenvalue weighted by Crippen LogP contribution is -2.37. The third kappa shape index (κ3) is 4.64. The molecule has 0 aliphatic carbocycles. The molecule has 0 fully saturated rings. The number of rotatable bonds is 5. The third-order valence-corrected chi connectivity index (χ3v) is 7.53. The number of carbonyl (C=O) groups excluding carboxylic acids is 1. The van der Waals surface area contributed by atoms with Gasteiger partial charge in [-0.2, -0.15) is 15.3 Å². The summed E-state index contributed by atoms with van der Waals surface area (Å²) in [5.41, 5.74) is 3.53. The first-order chi connectivity index (χ1) is 17.5. The number of hydrogen-bond donors (Lipinski definition) is 0. The molecule has 3 aromatic heterocycles. The Bertz CT molecular complexity index is 1540. The SMILES string of the molecule is Cc1ccc(C2CC(c3cccs3)=NN2C(=O)Cn2nc(C(C)C)c3cnn(C(C)(C)C)c3c2=O)cc1. The van der Waals surface area contributed by atoms with E-state index < -0.39 is 5.54 Å². The Kier molecular flexibility index (Phi) is 6.35. The molecule has 1 atom stereocenters. The van der Waals surface area contributed by atoms with Crippen molar-refractivity contribution in [3.63, 3.8) is 0 Å². The van der Waals surface area contributed by atoms with Crippen LogP contribution < -0.4 is 5.56 Å². The van der Waals surface area contributed by atoms with Gasteiger partial charge in [0.25, 0.3) is 11.5 Å². The lowest BCUT2D eigenvalue weighted by molar-refractivity contribution is -0.133. The highest BCUT2D eigenvalue weighted by molar-refractivity contribution is 7.12. The topological polar surface area (TPSA) is 85.4 Å². The fourth-order valence-corrected chi connectivity index (χ4v) is 5.44. The molecule has 9 heteroatoms. The fraction of sp³-hybridized carbons (Fsp3) is 0.393. The quantitative estimate of drug-likeness (QED) is 0.364. The van der Waals surface area contributed by atoms with Gasteiger partial charge in [-0.1, -0.05) is 49.7 Å². The monoisotopic (exact) mass is 516 g/mol. The van der Waals surface area contributed by atoms with E-state index in [4.69, 9.17) is 5.10 Å². The molecular weight excluding hydrogens is 484 g/mol. The van der Waals surface area contributed by atoms with Gasteiger partial charge in [-0.05, 0) is 50.6 Å². The summed E-state index contributed by atoms with van der Waals surface area (Å²) in [6.45, 7) is 11.9. The van der Waals surface area contributed by atoms with Crippen molar-refractivity contribution in [1.82, 2.24) is 24.6 Å². The molecule has 4 aromatic rings. The second-order valence-electron chi connectivity index (χ2n) is 10.9. The number of hydrogen-bond acceptors (Lipinski definition) is 6. The Labute approximate surface area is 220 Å². The summed E-state index contributed by atoms with van der Waals surface area (Å²) < 4.78 is 3.02. The zero-order valence-corrected chi connectivity index (χ0v) is 22.9. The first kappa shape index (κ1) is 25.1. The van der Waals surface area contributed by atoms with Crippen LogP contribution in [0.2, 0.25) is 0 Å². The fourth-order valence-electron chi connectivity index (χ4n) is 4.72.